The number of rotatable bonds is 10. The Balaban J connectivity index is 1.52. The molecule has 0 aliphatic carbocycles. The van der Waals surface area contributed by atoms with Crippen LogP contribution in [-0.4, -0.2) is 51.8 Å². The fourth-order valence-corrected chi connectivity index (χ4v) is 5.18. The largest absolute Gasteiger partial charge is 0.476 e. The molecular weight excluding hydrogens is 394 g/mol. The minimum absolute atomic E-state index is 0.0811. The summed E-state index contributed by atoms with van der Waals surface area (Å²) < 4.78 is 0.729. The van der Waals surface area contributed by atoms with Gasteiger partial charge in [-0.3, -0.25) is 4.79 Å². The van der Waals surface area contributed by atoms with Crippen molar-refractivity contribution in [3.8, 4) is 0 Å². The van der Waals surface area contributed by atoms with Gasteiger partial charge in [-0.25, -0.2) is 9.78 Å². The van der Waals surface area contributed by atoms with Gasteiger partial charge in [0, 0.05) is 42.4 Å². The Bertz CT molecular complexity index is 825. The molecule has 28 heavy (non-hydrogen) atoms. The number of aromatic nitrogens is 1. The van der Waals surface area contributed by atoms with Crippen LogP contribution in [0, 0.1) is 0 Å². The van der Waals surface area contributed by atoms with Gasteiger partial charge in [-0.1, -0.05) is 43.3 Å². The highest BCUT2D eigenvalue weighted by atomic mass is 32.2. The van der Waals surface area contributed by atoms with Gasteiger partial charge in [0.2, 0.25) is 5.91 Å². The molecule has 1 aliphatic rings. The number of carboxylic acid groups (broad SMARTS) is 1. The monoisotopic (exact) mass is 419 g/mol. The number of anilines is 1. The molecule has 1 aromatic carbocycles. The van der Waals surface area contributed by atoms with Crippen LogP contribution < -0.4 is 5.32 Å². The predicted octanol–water partition coefficient (Wildman–Crippen LogP) is 3.99. The third kappa shape index (κ3) is 5.26. The van der Waals surface area contributed by atoms with Gasteiger partial charge >= 0.3 is 5.97 Å². The standard InChI is InChI=1S/C20H25N3O3S2/c1-2-5-14-6-3-4-7-16(14)21-12-15-8-9-18(24)23(15)10-11-27-20-22-17(13-28-20)19(25)26/h3-4,6-7,13,15,21H,2,5,8-12H2,1H3,(H,25,26)/t15-/m1/s1. The second-order valence-electron chi connectivity index (χ2n) is 6.72. The minimum Gasteiger partial charge on any atom is -0.476 e. The summed E-state index contributed by atoms with van der Waals surface area (Å²) in [6.45, 7) is 3.57. The van der Waals surface area contributed by atoms with E-state index in [1.54, 1.807) is 5.38 Å². The second-order valence-corrected chi connectivity index (χ2v) is 8.92. The second kappa shape index (κ2) is 9.93. The van der Waals surface area contributed by atoms with E-state index >= 15 is 0 Å². The molecule has 1 saturated heterocycles. The zero-order valence-electron chi connectivity index (χ0n) is 15.9. The molecule has 1 fully saturated rings. The minimum atomic E-state index is -1.01. The molecule has 0 radical (unpaired) electrons. The summed E-state index contributed by atoms with van der Waals surface area (Å²) in [5, 5.41) is 14.0. The molecule has 2 aromatic rings. The molecule has 2 heterocycles. The van der Waals surface area contributed by atoms with Crippen LogP contribution in [0.2, 0.25) is 0 Å². The Hall–Kier alpha value is -2.06. The van der Waals surface area contributed by atoms with Gasteiger partial charge in [0.25, 0.3) is 0 Å². The van der Waals surface area contributed by atoms with Crippen LogP contribution in [0.1, 0.15) is 42.2 Å². The number of nitrogens with one attached hydrogen (secondary N) is 1. The number of benzene rings is 1. The number of thioether (sulfide) groups is 1. The topological polar surface area (TPSA) is 82.5 Å². The van der Waals surface area contributed by atoms with Crippen molar-refractivity contribution in [3.05, 3.63) is 40.9 Å². The lowest BCUT2D eigenvalue weighted by molar-refractivity contribution is -0.128. The number of aromatic carboxylic acids is 1. The maximum Gasteiger partial charge on any atom is 0.355 e. The first kappa shape index (κ1) is 20.7. The number of aryl methyl sites for hydroxylation is 1. The molecule has 0 bridgehead atoms. The first-order chi connectivity index (χ1) is 13.6. The van der Waals surface area contributed by atoms with Crippen molar-refractivity contribution in [1.82, 2.24) is 9.88 Å². The van der Waals surface area contributed by atoms with E-state index in [9.17, 15) is 9.59 Å². The van der Waals surface area contributed by atoms with Crippen LogP contribution in [0.3, 0.4) is 0 Å². The van der Waals surface area contributed by atoms with Crippen LogP contribution in [0.25, 0.3) is 0 Å². The molecule has 0 spiro atoms. The van der Waals surface area contributed by atoms with Crippen LogP contribution in [0.5, 0.6) is 0 Å². The number of thiazole rings is 1. The number of hydrogen-bond donors (Lipinski definition) is 2. The number of nitrogens with zero attached hydrogens (tertiary/aromatic N) is 2. The quantitative estimate of drug-likeness (QED) is 0.567. The molecule has 0 saturated carbocycles. The van der Waals surface area contributed by atoms with Crippen LogP contribution >= 0.6 is 23.1 Å². The molecule has 150 valence electrons. The number of carboxylic acids is 1. The van der Waals surface area contributed by atoms with Gasteiger partial charge in [-0.05, 0) is 24.5 Å². The maximum atomic E-state index is 12.3. The number of amides is 1. The average Bonchev–Trinajstić information content (AvgIpc) is 3.29. The van der Waals surface area contributed by atoms with Crippen LogP contribution in [0.15, 0.2) is 34.0 Å². The predicted molar refractivity (Wildman–Crippen MR) is 113 cm³/mol. The van der Waals surface area contributed by atoms with E-state index in [4.69, 9.17) is 5.11 Å². The first-order valence-electron chi connectivity index (χ1n) is 9.51. The van der Waals surface area contributed by atoms with Crippen molar-refractivity contribution < 1.29 is 14.7 Å². The van der Waals surface area contributed by atoms with Crippen molar-refractivity contribution in [2.75, 3.05) is 24.2 Å². The lowest BCUT2D eigenvalue weighted by Gasteiger charge is -2.25. The molecule has 8 heteroatoms. The molecule has 0 unspecified atom stereocenters. The summed E-state index contributed by atoms with van der Waals surface area (Å²) in [6, 6.07) is 8.54. The van der Waals surface area contributed by atoms with Crippen molar-refractivity contribution in [2.24, 2.45) is 0 Å². The number of carbonyl (C=O) groups is 2. The van der Waals surface area contributed by atoms with Gasteiger partial charge in [-0.15, -0.1) is 11.3 Å². The smallest absolute Gasteiger partial charge is 0.355 e. The lowest BCUT2D eigenvalue weighted by atomic mass is 10.1. The van der Waals surface area contributed by atoms with Crippen LogP contribution in [-0.2, 0) is 11.2 Å². The summed E-state index contributed by atoms with van der Waals surface area (Å²) in [5.74, 6) is -0.103. The third-order valence-electron chi connectivity index (χ3n) is 4.78. The third-order valence-corrected chi connectivity index (χ3v) is 6.78. The molecule has 6 nitrogen and oxygen atoms in total. The Kier molecular flexibility index (Phi) is 7.33. The van der Waals surface area contributed by atoms with Gasteiger partial charge in [0.1, 0.15) is 0 Å². The summed E-state index contributed by atoms with van der Waals surface area (Å²) in [5.41, 5.74) is 2.55. The highest BCUT2D eigenvalue weighted by molar-refractivity contribution is 8.01. The molecule has 1 atom stereocenters. The van der Waals surface area contributed by atoms with E-state index in [0.29, 0.717) is 18.7 Å². The number of hydrogen-bond acceptors (Lipinski definition) is 6. The van der Waals surface area contributed by atoms with Crippen LogP contribution in [0.4, 0.5) is 5.69 Å². The van der Waals surface area contributed by atoms with Gasteiger partial charge in [0.05, 0.1) is 0 Å². The van der Waals surface area contributed by atoms with Gasteiger partial charge in [0.15, 0.2) is 10.0 Å². The fourth-order valence-electron chi connectivity index (χ4n) is 3.37. The average molecular weight is 420 g/mol. The first-order valence-corrected chi connectivity index (χ1v) is 11.4. The number of carbonyl (C=O) groups excluding carboxylic acids is 1. The van der Waals surface area contributed by atoms with Gasteiger partial charge in [-0.2, -0.15) is 0 Å². The van der Waals surface area contributed by atoms with E-state index in [1.807, 2.05) is 11.0 Å². The zero-order chi connectivity index (χ0) is 19.9. The van der Waals surface area contributed by atoms with E-state index in [2.05, 4.69) is 35.4 Å². The van der Waals surface area contributed by atoms with Crippen molar-refractivity contribution in [3.63, 3.8) is 0 Å². The fraction of sp³-hybridized carbons (Fsp3) is 0.450. The summed E-state index contributed by atoms with van der Waals surface area (Å²) >= 11 is 2.83. The summed E-state index contributed by atoms with van der Waals surface area (Å²) in [4.78, 5) is 29.2. The van der Waals surface area contributed by atoms with E-state index in [1.165, 1.54) is 28.7 Å². The molecule has 1 aromatic heterocycles. The molecule has 1 amide bonds. The normalized spacial score (nSPS) is 16.5. The summed E-state index contributed by atoms with van der Waals surface area (Å²) in [6.07, 6.45) is 3.60. The van der Waals surface area contributed by atoms with Crippen molar-refractivity contribution in [1.29, 1.82) is 0 Å². The van der Waals surface area contributed by atoms with E-state index in [0.717, 1.165) is 35.8 Å². The van der Waals surface area contributed by atoms with Crippen molar-refractivity contribution >= 4 is 40.7 Å². The van der Waals surface area contributed by atoms with Gasteiger partial charge < -0.3 is 15.3 Å². The Labute approximate surface area is 173 Å². The molecule has 2 N–H and O–H groups in total. The number of likely N-dealkylation sites (tertiary alicyclic amines) is 1. The lowest BCUT2D eigenvalue weighted by Crippen LogP contribution is -2.39. The maximum absolute atomic E-state index is 12.3. The molecular formula is C20H25N3O3S2. The summed E-state index contributed by atoms with van der Waals surface area (Å²) in [7, 11) is 0. The molecule has 3 rings (SSSR count). The Morgan fingerprint density at radius 1 is 1.43 bits per heavy atom. The number of para-hydroxylation sites is 1. The molecule has 1 aliphatic heterocycles. The van der Waals surface area contributed by atoms with E-state index in [-0.39, 0.29) is 17.6 Å². The zero-order valence-corrected chi connectivity index (χ0v) is 17.5. The Morgan fingerprint density at radius 3 is 3.00 bits per heavy atom. The van der Waals surface area contributed by atoms with Crippen molar-refractivity contribution in [2.45, 2.75) is 43.0 Å². The highest BCUT2D eigenvalue weighted by Gasteiger charge is 2.30. The Morgan fingerprint density at radius 2 is 2.25 bits per heavy atom. The van der Waals surface area contributed by atoms with E-state index < -0.39 is 5.97 Å². The SMILES string of the molecule is CCCc1ccccc1NC[C@H]1CCC(=O)N1CCSc1nc(C(=O)O)cs1. The highest BCUT2D eigenvalue weighted by Crippen LogP contribution is 2.25.